The number of hydrogen-bond acceptors (Lipinski definition) is 12. The van der Waals surface area contributed by atoms with E-state index < -0.39 is 73.6 Å². The van der Waals surface area contributed by atoms with E-state index in [-0.39, 0.29) is 0 Å². The topological polar surface area (TPSA) is 158 Å². The van der Waals surface area contributed by atoms with E-state index in [9.17, 15) is 28.5 Å². The first-order valence-electron chi connectivity index (χ1n) is 8.77. The number of rotatable bonds is 7. The Balaban J connectivity index is 3.77. The molecule has 1 unspecified atom stereocenters. The van der Waals surface area contributed by atoms with Crippen LogP contribution in [0.2, 0.25) is 0 Å². The van der Waals surface area contributed by atoms with Crippen LogP contribution in [-0.4, -0.2) is 73.4 Å². The molecule has 5 atom stereocenters. The first-order chi connectivity index (χ1) is 13.8. The van der Waals surface area contributed by atoms with E-state index in [0.717, 1.165) is 41.7 Å². The van der Waals surface area contributed by atoms with Gasteiger partial charge in [-0.1, -0.05) is 0 Å². The minimum atomic E-state index is -4.22. The molecule has 0 spiro atoms. The fourth-order valence-corrected chi connectivity index (χ4v) is 5.79. The smallest absolute Gasteiger partial charge is 0.304 e. The third-order valence-corrected chi connectivity index (χ3v) is 7.18. The maximum Gasteiger partial charge on any atom is 0.304 e. The molecular formula is C17H25O12P. The van der Waals surface area contributed by atoms with Gasteiger partial charge in [0.25, 0.3) is 12.7 Å². The predicted octanol–water partition coefficient (Wildman–Crippen LogP) is 0.542. The van der Waals surface area contributed by atoms with Gasteiger partial charge in [-0.15, -0.1) is 0 Å². The van der Waals surface area contributed by atoms with Crippen molar-refractivity contribution < 1.29 is 56.7 Å². The van der Waals surface area contributed by atoms with E-state index in [1.165, 1.54) is 0 Å². The second-order valence-corrected chi connectivity index (χ2v) is 9.34. The fourth-order valence-electron chi connectivity index (χ4n) is 3.15. The molecule has 0 aromatic carbocycles. The first-order valence-corrected chi connectivity index (χ1v) is 10.6. The highest BCUT2D eigenvalue weighted by Gasteiger charge is 2.69. The van der Waals surface area contributed by atoms with Crippen LogP contribution >= 0.6 is 7.37 Å². The van der Waals surface area contributed by atoms with Crippen LogP contribution in [0.3, 0.4) is 0 Å². The Kier molecular flexibility index (Phi) is 8.55. The number of hydrogen-bond donors (Lipinski definition) is 0. The summed E-state index contributed by atoms with van der Waals surface area (Å²) in [7, 11) is -3.18. The Morgan fingerprint density at radius 1 is 0.833 bits per heavy atom. The first kappa shape index (κ1) is 25.6. The van der Waals surface area contributed by atoms with Gasteiger partial charge in [-0.25, -0.2) is 0 Å². The zero-order valence-corrected chi connectivity index (χ0v) is 18.4. The van der Waals surface area contributed by atoms with E-state index in [2.05, 4.69) is 0 Å². The minimum absolute atomic E-state index is 0.576. The summed E-state index contributed by atoms with van der Waals surface area (Å²) in [5, 5.41) is -2.36. The number of esters is 5. The Morgan fingerprint density at radius 3 is 1.77 bits per heavy atom. The summed E-state index contributed by atoms with van der Waals surface area (Å²) in [6.45, 7) is 4.31. The normalized spacial score (nSPS) is 30.5. The van der Waals surface area contributed by atoms with Crippen LogP contribution in [0, 0.1) is 0 Å². The fraction of sp³-hybridized carbons (Fsp3) is 0.706. The molecule has 1 aliphatic heterocycles. The summed E-state index contributed by atoms with van der Waals surface area (Å²) in [5.74, 6) is -4.38. The zero-order valence-electron chi connectivity index (χ0n) is 17.5. The van der Waals surface area contributed by atoms with E-state index >= 15 is 0 Å². The highest BCUT2D eigenvalue weighted by molar-refractivity contribution is 7.60. The molecule has 0 bridgehead atoms. The molecule has 0 amide bonds. The van der Waals surface area contributed by atoms with Gasteiger partial charge in [0, 0.05) is 41.7 Å². The van der Waals surface area contributed by atoms with Crippen LogP contribution in [0.15, 0.2) is 0 Å². The average Bonchev–Trinajstić information content (AvgIpc) is 2.58. The SMILES string of the molecule is COP1(=O)C[C@@H](OC(C)=O)[C@@H](OC(C)=O)[C@H](OC(C)=O)[C@]1(COC(C)=O)OC(C)=O. The molecule has 1 fully saturated rings. The zero-order chi connectivity index (χ0) is 23.3. The van der Waals surface area contributed by atoms with Gasteiger partial charge in [0.15, 0.2) is 18.3 Å². The molecule has 13 heteroatoms. The van der Waals surface area contributed by atoms with Crippen molar-refractivity contribution in [3.8, 4) is 0 Å². The molecule has 12 nitrogen and oxygen atoms in total. The van der Waals surface area contributed by atoms with Crippen LogP contribution in [0.4, 0.5) is 0 Å². The molecule has 30 heavy (non-hydrogen) atoms. The van der Waals surface area contributed by atoms with Crippen molar-refractivity contribution in [1.29, 1.82) is 0 Å². The highest BCUT2D eigenvalue weighted by atomic mass is 31.2. The lowest BCUT2D eigenvalue weighted by atomic mass is 10.0. The van der Waals surface area contributed by atoms with Crippen LogP contribution in [0.1, 0.15) is 34.6 Å². The quantitative estimate of drug-likeness (QED) is 0.300. The summed E-state index contributed by atoms with van der Waals surface area (Å²) < 4.78 is 44.8. The lowest BCUT2D eigenvalue weighted by Crippen LogP contribution is -2.65. The predicted molar refractivity (Wildman–Crippen MR) is 97.3 cm³/mol. The lowest BCUT2D eigenvalue weighted by Gasteiger charge is -2.49. The Bertz CT molecular complexity index is 762. The Morgan fingerprint density at radius 2 is 1.37 bits per heavy atom. The minimum Gasteiger partial charge on any atom is -0.461 e. The Labute approximate surface area is 172 Å². The third kappa shape index (κ3) is 5.79. The van der Waals surface area contributed by atoms with Crippen LogP contribution < -0.4 is 0 Å². The lowest BCUT2D eigenvalue weighted by molar-refractivity contribution is -0.214. The second-order valence-electron chi connectivity index (χ2n) is 6.51. The third-order valence-electron chi connectivity index (χ3n) is 4.12. The number of carbonyl (C=O) groups excluding carboxylic acids is 5. The van der Waals surface area contributed by atoms with Crippen molar-refractivity contribution in [2.24, 2.45) is 0 Å². The molecule has 1 heterocycles. The van der Waals surface area contributed by atoms with E-state index in [1.54, 1.807) is 0 Å². The van der Waals surface area contributed by atoms with E-state index in [4.69, 9.17) is 28.2 Å². The van der Waals surface area contributed by atoms with Crippen LogP contribution in [-0.2, 0) is 56.7 Å². The van der Waals surface area contributed by atoms with Gasteiger partial charge in [0.1, 0.15) is 6.61 Å². The summed E-state index contributed by atoms with van der Waals surface area (Å²) >= 11 is 0. The van der Waals surface area contributed by atoms with Gasteiger partial charge in [-0.3, -0.25) is 28.5 Å². The number of ether oxygens (including phenoxy) is 5. The summed E-state index contributed by atoms with van der Waals surface area (Å²) in [5.41, 5.74) is 0. The van der Waals surface area contributed by atoms with E-state index in [1.807, 2.05) is 0 Å². The largest absolute Gasteiger partial charge is 0.461 e. The highest BCUT2D eigenvalue weighted by Crippen LogP contribution is 2.65. The summed E-state index contributed by atoms with van der Waals surface area (Å²) in [4.78, 5) is 58.5. The van der Waals surface area contributed by atoms with Gasteiger partial charge < -0.3 is 28.2 Å². The number of carbonyl (C=O) groups is 5. The second kappa shape index (κ2) is 10.0. The maximum absolute atomic E-state index is 13.8. The molecule has 1 saturated heterocycles. The molecule has 0 aromatic rings. The van der Waals surface area contributed by atoms with Crippen molar-refractivity contribution in [3.05, 3.63) is 0 Å². The summed E-state index contributed by atoms with van der Waals surface area (Å²) in [6, 6.07) is 0. The average molecular weight is 452 g/mol. The van der Waals surface area contributed by atoms with Gasteiger partial charge >= 0.3 is 29.8 Å². The summed E-state index contributed by atoms with van der Waals surface area (Å²) in [6.07, 6.45) is -5.27. The van der Waals surface area contributed by atoms with Crippen molar-refractivity contribution in [2.75, 3.05) is 19.9 Å². The molecule has 1 rings (SSSR count). The monoisotopic (exact) mass is 452 g/mol. The molecule has 0 N–H and O–H groups in total. The van der Waals surface area contributed by atoms with Gasteiger partial charge in [-0.2, -0.15) is 0 Å². The van der Waals surface area contributed by atoms with Gasteiger partial charge in [0.2, 0.25) is 0 Å². The van der Waals surface area contributed by atoms with Crippen molar-refractivity contribution >= 4 is 37.2 Å². The standard InChI is InChI=1S/C17H25O12P/c1-9(18)25-8-17(29-13(5)22)16(28-12(4)21)15(27-11(3)20)14(26-10(2)19)7-30(17,23)24-6/h14-16H,7-8H2,1-6H3/t14-,15-,16+,17-,30?/m1/s1. The molecule has 1 aliphatic rings. The van der Waals surface area contributed by atoms with Gasteiger partial charge in [0.05, 0.1) is 6.16 Å². The molecule has 0 radical (unpaired) electrons. The van der Waals surface area contributed by atoms with Crippen LogP contribution in [0.25, 0.3) is 0 Å². The van der Waals surface area contributed by atoms with Crippen molar-refractivity contribution in [2.45, 2.75) is 58.3 Å². The van der Waals surface area contributed by atoms with Crippen molar-refractivity contribution in [3.63, 3.8) is 0 Å². The van der Waals surface area contributed by atoms with E-state index in [0.29, 0.717) is 0 Å². The van der Waals surface area contributed by atoms with Gasteiger partial charge in [-0.05, 0) is 0 Å². The molecular weight excluding hydrogens is 427 g/mol. The molecule has 0 saturated carbocycles. The molecule has 0 aliphatic carbocycles. The maximum atomic E-state index is 13.8. The molecule has 0 aromatic heterocycles. The molecule has 170 valence electrons. The Hall–Kier alpha value is -2.46. The van der Waals surface area contributed by atoms with Crippen molar-refractivity contribution in [1.82, 2.24) is 0 Å². The van der Waals surface area contributed by atoms with Crippen LogP contribution in [0.5, 0.6) is 0 Å².